The molecule has 96 valence electrons. The van der Waals surface area contributed by atoms with E-state index in [1.807, 2.05) is 11.9 Å². The smallest absolute Gasteiger partial charge is 0.161 e. The molecule has 0 radical (unpaired) electrons. The minimum Gasteiger partial charge on any atom is -0.385 e. The summed E-state index contributed by atoms with van der Waals surface area (Å²) in [6.45, 7) is 1.48. The maximum absolute atomic E-state index is 6.08. The summed E-state index contributed by atoms with van der Waals surface area (Å²) in [5, 5.41) is 0.889. The number of halogens is 2. The number of nitrogens with zero attached hydrogens (tertiary/aromatic N) is 2. The van der Waals surface area contributed by atoms with E-state index in [2.05, 4.69) is 10.4 Å². The molecule has 0 amide bonds. The summed E-state index contributed by atoms with van der Waals surface area (Å²) in [6, 6.07) is 1.62. The van der Waals surface area contributed by atoms with Gasteiger partial charge in [0.25, 0.3) is 0 Å². The topological polar surface area (TPSA) is 63.4 Å². The van der Waals surface area contributed by atoms with Crippen molar-refractivity contribution in [3.63, 3.8) is 0 Å². The number of methoxy groups -OCH3 is 1. The Kier molecular flexibility index (Phi) is 5.77. The fourth-order valence-electron chi connectivity index (χ4n) is 1.38. The average Bonchev–Trinajstić information content (AvgIpc) is 2.29. The Labute approximate surface area is 111 Å². The normalized spacial score (nSPS) is 10.4. The Bertz CT molecular complexity index is 376. The van der Waals surface area contributed by atoms with Crippen LogP contribution in [0.5, 0.6) is 0 Å². The highest BCUT2D eigenvalue weighted by Crippen LogP contribution is 2.30. The number of hydrogen-bond acceptors (Lipinski definition) is 5. The Morgan fingerprint density at radius 3 is 2.76 bits per heavy atom. The van der Waals surface area contributed by atoms with Crippen molar-refractivity contribution >= 4 is 34.8 Å². The lowest BCUT2D eigenvalue weighted by molar-refractivity contribution is 0.196. The number of hydrazine groups is 1. The molecule has 7 heteroatoms. The third kappa shape index (κ3) is 3.89. The van der Waals surface area contributed by atoms with Gasteiger partial charge in [0.05, 0.1) is 10.0 Å². The molecule has 0 unspecified atom stereocenters. The highest BCUT2D eigenvalue weighted by Gasteiger charge is 2.12. The van der Waals surface area contributed by atoms with Crippen molar-refractivity contribution in [1.82, 2.24) is 4.98 Å². The van der Waals surface area contributed by atoms with Crippen LogP contribution in [-0.4, -0.2) is 32.3 Å². The predicted molar refractivity (Wildman–Crippen MR) is 71.8 cm³/mol. The Morgan fingerprint density at radius 1 is 1.47 bits per heavy atom. The minimum atomic E-state index is 0.395. The van der Waals surface area contributed by atoms with Crippen molar-refractivity contribution in [2.75, 3.05) is 37.6 Å². The first-order chi connectivity index (χ1) is 8.10. The number of ether oxygens (including phenoxy) is 1. The lowest BCUT2D eigenvalue weighted by atomic mass is 10.3. The summed E-state index contributed by atoms with van der Waals surface area (Å²) in [5.41, 5.74) is 2.43. The van der Waals surface area contributed by atoms with Crippen molar-refractivity contribution in [3.05, 3.63) is 16.1 Å². The zero-order valence-electron chi connectivity index (χ0n) is 9.83. The van der Waals surface area contributed by atoms with Crippen LogP contribution in [0, 0.1) is 0 Å². The third-order valence-corrected chi connectivity index (χ3v) is 2.82. The molecule has 0 fully saturated rings. The quantitative estimate of drug-likeness (QED) is 0.474. The Hall–Kier alpha value is -0.750. The van der Waals surface area contributed by atoms with Crippen LogP contribution in [0.1, 0.15) is 6.42 Å². The third-order valence-electron chi connectivity index (χ3n) is 2.25. The zero-order chi connectivity index (χ0) is 12.8. The van der Waals surface area contributed by atoms with Gasteiger partial charge < -0.3 is 15.1 Å². The standard InChI is InChI=1S/C10H16Cl2N4O/c1-16(4-3-5-17-2)10-8(12)6-7(11)9(14-10)15-13/h6H,3-5,13H2,1-2H3,(H,14,15). The fourth-order valence-corrected chi connectivity index (χ4v) is 1.94. The molecule has 0 aromatic carbocycles. The van der Waals surface area contributed by atoms with E-state index in [1.165, 1.54) is 0 Å². The summed E-state index contributed by atoms with van der Waals surface area (Å²) in [6.07, 6.45) is 0.888. The molecule has 0 aliphatic heterocycles. The molecule has 0 bridgehead atoms. The van der Waals surface area contributed by atoms with Crippen molar-refractivity contribution in [1.29, 1.82) is 0 Å². The van der Waals surface area contributed by atoms with E-state index in [0.717, 1.165) is 13.0 Å². The first-order valence-corrected chi connectivity index (χ1v) is 5.88. The van der Waals surface area contributed by atoms with Gasteiger partial charge in [-0.1, -0.05) is 23.2 Å². The molecule has 3 N–H and O–H groups in total. The zero-order valence-corrected chi connectivity index (χ0v) is 11.3. The molecular weight excluding hydrogens is 263 g/mol. The van der Waals surface area contributed by atoms with Gasteiger partial charge in [-0.05, 0) is 12.5 Å². The highest BCUT2D eigenvalue weighted by atomic mass is 35.5. The van der Waals surface area contributed by atoms with E-state index in [0.29, 0.717) is 28.3 Å². The van der Waals surface area contributed by atoms with Gasteiger partial charge in [0, 0.05) is 27.3 Å². The van der Waals surface area contributed by atoms with Crippen LogP contribution in [0.15, 0.2) is 6.07 Å². The molecule has 5 nitrogen and oxygen atoms in total. The summed E-state index contributed by atoms with van der Waals surface area (Å²) in [5.74, 6) is 6.36. The Morgan fingerprint density at radius 2 is 2.18 bits per heavy atom. The van der Waals surface area contributed by atoms with Crippen molar-refractivity contribution in [3.8, 4) is 0 Å². The molecule has 1 rings (SSSR count). The molecule has 1 aromatic heterocycles. The maximum atomic E-state index is 6.08. The van der Waals surface area contributed by atoms with Gasteiger partial charge in [-0.25, -0.2) is 10.8 Å². The van der Waals surface area contributed by atoms with E-state index >= 15 is 0 Å². The molecule has 0 spiro atoms. The second-order valence-corrected chi connectivity index (χ2v) is 4.35. The van der Waals surface area contributed by atoms with E-state index in [9.17, 15) is 0 Å². The molecule has 0 atom stereocenters. The second-order valence-electron chi connectivity index (χ2n) is 3.54. The molecule has 1 heterocycles. The number of aromatic nitrogens is 1. The maximum Gasteiger partial charge on any atom is 0.161 e. The number of nitrogens with two attached hydrogens (primary N) is 1. The van der Waals surface area contributed by atoms with Crippen LogP contribution in [0.4, 0.5) is 11.6 Å². The van der Waals surface area contributed by atoms with Gasteiger partial charge in [0.1, 0.15) is 5.82 Å². The van der Waals surface area contributed by atoms with Crippen molar-refractivity contribution in [2.45, 2.75) is 6.42 Å². The summed E-state index contributed by atoms with van der Waals surface area (Å²) in [7, 11) is 3.57. The van der Waals surface area contributed by atoms with Crippen LogP contribution >= 0.6 is 23.2 Å². The molecule has 1 aromatic rings. The first-order valence-electron chi connectivity index (χ1n) is 5.13. The Balaban J connectivity index is 2.81. The van der Waals surface area contributed by atoms with Crippen LogP contribution < -0.4 is 16.2 Å². The molecule has 0 saturated heterocycles. The van der Waals surface area contributed by atoms with Gasteiger partial charge >= 0.3 is 0 Å². The van der Waals surface area contributed by atoms with E-state index < -0.39 is 0 Å². The molecule has 0 aliphatic carbocycles. The van der Waals surface area contributed by atoms with Gasteiger partial charge in [-0.15, -0.1) is 0 Å². The van der Waals surface area contributed by atoms with Crippen molar-refractivity contribution < 1.29 is 4.74 Å². The number of anilines is 2. The van der Waals surface area contributed by atoms with Gasteiger partial charge in [-0.2, -0.15) is 0 Å². The highest BCUT2D eigenvalue weighted by molar-refractivity contribution is 6.37. The van der Waals surface area contributed by atoms with Crippen LogP contribution in [0.3, 0.4) is 0 Å². The number of pyridine rings is 1. The first kappa shape index (κ1) is 14.3. The average molecular weight is 279 g/mol. The van der Waals surface area contributed by atoms with Crippen LogP contribution in [0.25, 0.3) is 0 Å². The second kappa shape index (κ2) is 6.86. The SMILES string of the molecule is COCCCN(C)c1nc(NN)c(Cl)cc1Cl. The van der Waals surface area contributed by atoms with Crippen LogP contribution in [0.2, 0.25) is 10.0 Å². The van der Waals surface area contributed by atoms with Crippen LogP contribution in [-0.2, 0) is 4.74 Å². The summed E-state index contributed by atoms with van der Waals surface area (Å²) >= 11 is 12.0. The number of hydrogen-bond donors (Lipinski definition) is 2. The van der Waals surface area contributed by atoms with E-state index in [1.54, 1.807) is 13.2 Å². The number of nitrogen functional groups attached to an aromatic ring is 1. The molecule has 0 aliphatic rings. The number of nitrogens with one attached hydrogen (secondary N) is 1. The predicted octanol–water partition coefficient (Wildman–Crippen LogP) is 2.15. The minimum absolute atomic E-state index is 0.395. The summed E-state index contributed by atoms with van der Waals surface area (Å²) in [4.78, 5) is 6.18. The van der Waals surface area contributed by atoms with Gasteiger partial charge in [-0.3, -0.25) is 0 Å². The summed E-state index contributed by atoms with van der Waals surface area (Å²) < 4.78 is 4.99. The lowest BCUT2D eigenvalue weighted by Crippen LogP contribution is -2.22. The lowest BCUT2D eigenvalue weighted by Gasteiger charge is -2.20. The largest absolute Gasteiger partial charge is 0.385 e. The van der Waals surface area contributed by atoms with Gasteiger partial charge in [0.15, 0.2) is 5.82 Å². The van der Waals surface area contributed by atoms with E-state index in [4.69, 9.17) is 33.8 Å². The van der Waals surface area contributed by atoms with E-state index in [-0.39, 0.29) is 0 Å². The molecule has 0 saturated carbocycles. The monoisotopic (exact) mass is 278 g/mol. The van der Waals surface area contributed by atoms with Gasteiger partial charge in [0.2, 0.25) is 0 Å². The number of rotatable bonds is 6. The fraction of sp³-hybridized carbons (Fsp3) is 0.500. The van der Waals surface area contributed by atoms with Crippen molar-refractivity contribution in [2.24, 2.45) is 5.84 Å². The molecule has 17 heavy (non-hydrogen) atoms. The molecular formula is C10H16Cl2N4O.